The molecule has 0 aromatic rings. The van der Waals surface area contributed by atoms with E-state index in [9.17, 15) is 0 Å². The molecule has 0 aromatic heterocycles. The Morgan fingerprint density at radius 1 is 0.528 bits per heavy atom. The molecule has 36 heavy (non-hydrogen) atoms. The van der Waals surface area contributed by atoms with Gasteiger partial charge >= 0.3 is 0 Å². The van der Waals surface area contributed by atoms with Crippen LogP contribution in [0.15, 0.2) is 0 Å². The highest BCUT2D eigenvalue weighted by Gasteiger charge is 2.20. The molecule has 0 amide bonds. The van der Waals surface area contributed by atoms with Crippen LogP contribution in [0.2, 0.25) is 0 Å². The van der Waals surface area contributed by atoms with Crippen LogP contribution in [0.3, 0.4) is 0 Å². The minimum atomic E-state index is 0.352. The van der Waals surface area contributed by atoms with Gasteiger partial charge in [-0.1, -0.05) is 169 Å². The van der Waals surface area contributed by atoms with E-state index >= 15 is 0 Å². The van der Waals surface area contributed by atoms with Gasteiger partial charge in [0.15, 0.2) is 0 Å². The Morgan fingerprint density at radius 2 is 0.722 bits per heavy atom. The average Bonchev–Trinajstić information content (AvgIpc) is 2.81. The molecule has 0 fully saturated rings. The third-order valence-electron chi connectivity index (χ3n) is 3.91. The van der Waals surface area contributed by atoms with Crippen LogP contribution in [0.5, 0.6) is 0 Å². The van der Waals surface area contributed by atoms with Crippen LogP contribution in [0.25, 0.3) is 0 Å². The van der Waals surface area contributed by atoms with Gasteiger partial charge in [-0.25, -0.2) is 5.90 Å². The summed E-state index contributed by atoms with van der Waals surface area (Å²) < 4.78 is 0. The Kier molecular flexibility index (Phi) is 86.3. The van der Waals surface area contributed by atoms with E-state index in [1.165, 1.54) is 71.9 Å². The van der Waals surface area contributed by atoms with Crippen molar-refractivity contribution in [3.63, 3.8) is 0 Å². The molecule has 0 aliphatic heterocycles. The quantitative estimate of drug-likeness (QED) is 0.217. The highest BCUT2D eigenvalue weighted by atomic mass is 16.6. The second-order valence-electron chi connectivity index (χ2n) is 10.6. The Morgan fingerprint density at radius 3 is 0.806 bits per heavy atom. The molecular weight excluding hydrogens is 442 g/mol. The van der Waals surface area contributed by atoms with Crippen molar-refractivity contribution in [1.29, 1.82) is 0 Å². The van der Waals surface area contributed by atoms with Crippen molar-refractivity contribution in [2.75, 3.05) is 14.2 Å². The summed E-state index contributed by atoms with van der Waals surface area (Å²) in [4.78, 5) is 3.75. The van der Waals surface area contributed by atoms with E-state index in [0.717, 1.165) is 12.8 Å². The van der Waals surface area contributed by atoms with E-state index < -0.39 is 0 Å². The van der Waals surface area contributed by atoms with Crippen LogP contribution in [-0.4, -0.2) is 20.2 Å². The lowest BCUT2D eigenvalue weighted by Crippen LogP contribution is -2.30. The minimum Gasteiger partial charge on any atom is -0.333 e. The molecule has 0 aliphatic carbocycles. The molecule has 0 atom stereocenters. The second kappa shape index (κ2) is 55.4. The average molecular weight is 526 g/mol. The molecule has 4 nitrogen and oxygen atoms in total. The van der Waals surface area contributed by atoms with Gasteiger partial charge < -0.3 is 16.3 Å². The summed E-state index contributed by atoms with van der Waals surface area (Å²) >= 11 is 0. The normalized spacial score (nSPS) is 9.17. The number of rotatable bonds is 8. The van der Waals surface area contributed by atoms with Gasteiger partial charge in [0.2, 0.25) is 0 Å². The molecular formula is C32H83N3O. The minimum absolute atomic E-state index is 0.352. The summed E-state index contributed by atoms with van der Waals surface area (Å²) in [6.45, 7) is 34.7. The van der Waals surface area contributed by atoms with Crippen LogP contribution in [0.4, 0.5) is 0 Å². The Hall–Kier alpha value is -0.160. The molecule has 0 bridgehead atoms. The van der Waals surface area contributed by atoms with Gasteiger partial charge in [-0.3, -0.25) is 0 Å². The fraction of sp³-hybridized carbons (Fsp3) is 1.00. The maximum atomic E-state index is 6.05. The van der Waals surface area contributed by atoms with Crippen LogP contribution in [-0.2, 0) is 4.84 Å². The highest BCUT2D eigenvalue weighted by Crippen LogP contribution is 2.27. The standard InChI is InChI=1S/C11H25N.C6H14.C5H12.C4H10.2C2H6.CH5NO.CH5N/c1-10(2,3)7-9(12)8-11(4,5)6;1-3-5-6-4-2;1-3-5-4-2;1-3-4-2;2*1-2;1-3-2;1-2/h9H,7-8,12H2,1-6H3;3-6H2,1-2H3;3-5H2,1-2H3;3-4H2,1-2H3;2*1-2H3;2H2,1H3;2H2,1H3. The number of hydrogen-bond acceptors (Lipinski definition) is 4. The van der Waals surface area contributed by atoms with Gasteiger partial charge in [0, 0.05) is 6.04 Å². The number of hydrogen-bond donors (Lipinski definition) is 3. The summed E-state index contributed by atoms with van der Waals surface area (Å²) in [5, 5.41) is 0. The first kappa shape index (κ1) is 56.1. The summed E-state index contributed by atoms with van der Waals surface area (Å²) in [5.74, 6) is 4.35. The number of unbranched alkanes of at least 4 members (excludes halogenated alkanes) is 6. The van der Waals surface area contributed by atoms with Crippen molar-refractivity contribution in [2.45, 2.75) is 187 Å². The first-order valence-corrected chi connectivity index (χ1v) is 15.3. The smallest absolute Gasteiger partial charge is 0.0569 e. The van der Waals surface area contributed by atoms with Gasteiger partial charge in [-0.05, 0) is 30.7 Å². The van der Waals surface area contributed by atoms with E-state index in [2.05, 4.69) is 99.6 Å². The van der Waals surface area contributed by atoms with E-state index in [4.69, 9.17) is 5.73 Å². The zero-order valence-electron chi connectivity index (χ0n) is 29.5. The predicted octanol–water partition coefficient (Wildman–Crippen LogP) is 10.9. The maximum Gasteiger partial charge on any atom is 0.0569 e. The van der Waals surface area contributed by atoms with E-state index in [0.29, 0.717) is 16.9 Å². The van der Waals surface area contributed by atoms with Crippen molar-refractivity contribution < 1.29 is 4.84 Å². The predicted molar refractivity (Wildman–Crippen MR) is 176 cm³/mol. The van der Waals surface area contributed by atoms with Gasteiger partial charge in [-0.15, -0.1) is 0 Å². The molecule has 0 saturated heterocycles. The third kappa shape index (κ3) is 145. The molecule has 0 heterocycles. The Balaban J connectivity index is -0.0000000465. The van der Waals surface area contributed by atoms with E-state index in [-0.39, 0.29) is 0 Å². The van der Waals surface area contributed by atoms with Crippen LogP contribution in [0.1, 0.15) is 181 Å². The molecule has 232 valence electrons. The first-order valence-electron chi connectivity index (χ1n) is 15.3. The zero-order chi connectivity index (χ0) is 31.1. The SMILES string of the molecule is CC.CC.CC(C)(C)CC(N)CC(C)(C)C.CCCC.CCCCC.CCCCCC.CN.CON. The molecule has 6 N–H and O–H groups in total. The second-order valence-corrected chi connectivity index (χ2v) is 10.6. The lowest BCUT2D eigenvalue weighted by molar-refractivity contribution is 0.206. The number of nitrogens with two attached hydrogens (primary N) is 3. The summed E-state index contributed by atoms with van der Waals surface area (Å²) in [7, 11) is 2.90. The van der Waals surface area contributed by atoms with Crippen molar-refractivity contribution in [2.24, 2.45) is 28.2 Å². The molecule has 0 aliphatic rings. The zero-order valence-corrected chi connectivity index (χ0v) is 29.5. The molecule has 0 unspecified atom stereocenters. The lowest BCUT2D eigenvalue weighted by Gasteiger charge is -2.28. The molecule has 0 saturated carbocycles. The molecule has 4 heteroatoms. The molecule has 0 radical (unpaired) electrons. The van der Waals surface area contributed by atoms with Crippen LogP contribution < -0.4 is 17.4 Å². The fourth-order valence-corrected chi connectivity index (χ4v) is 2.50. The monoisotopic (exact) mass is 526 g/mol. The van der Waals surface area contributed by atoms with Gasteiger partial charge in [0.25, 0.3) is 0 Å². The van der Waals surface area contributed by atoms with Gasteiger partial charge in [0.05, 0.1) is 7.11 Å². The maximum absolute atomic E-state index is 6.05. The van der Waals surface area contributed by atoms with Crippen molar-refractivity contribution in [3.8, 4) is 0 Å². The fourth-order valence-electron chi connectivity index (χ4n) is 2.50. The van der Waals surface area contributed by atoms with E-state index in [1.807, 2.05) is 27.7 Å². The van der Waals surface area contributed by atoms with Gasteiger partial charge in [0.1, 0.15) is 0 Å². The van der Waals surface area contributed by atoms with Crippen molar-refractivity contribution in [3.05, 3.63) is 0 Å². The van der Waals surface area contributed by atoms with E-state index in [1.54, 1.807) is 0 Å². The highest BCUT2D eigenvalue weighted by molar-refractivity contribution is 4.76. The summed E-state index contributed by atoms with van der Waals surface area (Å²) in [5.41, 5.74) is 11.3. The van der Waals surface area contributed by atoms with Crippen molar-refractivity contribution in [1.82, 2.24) is 0 Å². The third-order valence-corrected chi connectivity index (χ3v) is 3.91. The lowest BCUT2D eigenvalue weighted by atomic mass is 9.81. The Bertz CT molecular complexity index is 235. The Labute approximate surface area is 234 Å². The summed E-state index contributed by atoms with van der Waals surface area (Å²) in [6, 6.07) is 0.352. The topological polar surface area (TPSA) is 87.3 Å². The van der Waals surface area contributed by atoms with Crippen LogP contribution in [0, 0.1) is 10.8 Å². The summed E-state index contributed by atoms with van der Waals surface area (Å²) in [6.07, 6.45) is 14.5. The molecule has 0 aromatic carbocycles. The largest absolute Gasteiger partial charge is 0.333 e. The first-order chi connectivity index (χ1) is 16.8. The van der Waals surface area contributed by atoms with Crippen LogP contribution >= 0.6 is 0 Å². The molecule has 0 spiro atoms. The van der Waals surface area contributed by atoms with Crippen molar-refractivity contribution >= 4 is 0 Å². The molecule has 0 rings (SSSR count). The van der Waals surface area contributed by atoms with Gasteiger partial charge in [-0.2, -0.15) is 0 Å².